The topological polar surface area (TPSA) is 76.7 Å². The molecule has 2 aromatic carbocycles. The third-order valence-corrected chi connectivity index (χ3v) is 5.53. The van der Waals surface area contributed by atoms with E-state index >= 15 is 0 Å². The van der Waals surface area contributed by atoms with Gasteiger partial charge in [-0.3, -0.25) is 9.59 Å². The lowest BCUT2D eigenvalue weighted by Gasteiger charge is -2.26. The molecule has 2 amide bonds. The summed E-state index contributed by atoms with van der Waals surface area (Å²) in [6, 6.07) is 15.9. The third kappa shape index (κ3) is 8.25. The van der Waals surface area contributed by atoms with E-state index in [4.69, 9.17) is 9.47 Å². The highest BCUT2D eigenvalue weighted by Gasteiger charge is 2.23. The van der Waals surface area contributed by atoms with E-state index in [-0.39, 0.29) is 17.2 Å². The van der Waals surface area contributed by atoms with Gasteiger partial charge in [0.25, 0.3) is 0 Å². The fourth-order valence-corrected chi connectivity index (χ4v) is 3.42. The van der Waals surface area contributed by atoms with Crippen molar-refractivity contribution in [3.8, 4) is 11.5 Å². The average molecular weight is 441 g/mol. The molecule has 2 rings (SSSR count). The molecular weight excluding hydrogens is 404 g/mol. The largest absolute Gasteiger partial charge is 0.493 e. The Hall–Kier alpha value is -3.02. The molecule has 2 aromatic rings. The van der Waals surface area contributed by atoms with E-state index in [1.165, 1.54) is 5.56 Å². The first-order valence-electron chi connectivity index (χ1n) is 11.2. The van der Waals surface area contributed by atoms with Crippen LogP contribution < -0.4 is 20.1 Å². The van der Waals surface area contributed by atoms with Crippen LogP contribution in [0.5, 0.6) is 11.5 Å². The molecular formula is C26H36N2O4. The quantitative estimate of drug-likeness (QED) is 0.461. The molecule has 0 atom stereocenters. The van der Waals surface area contributed by atoms with Gasteiger partial charge in [0, 0.05) is 31.3 Å². The van der Waals surface area contributed by atoms with Crippen molar-refractivity contribution in [1.82, 2.24) is 10.6 Å². The number of amides is 2. The molecule has 0 bridgehead atoms. The Kier molecular flexibility index (Phi) is 10.1. The summed E-state index contributed by atoms with van der Waals surface area (Å²) in [6.07, 6.45) is 3.07. The van der Waals surface area contributed by atoms with Crippen LogP contribution in [0.25, 0.3) is 0 Å². The maximum Gasteiger partial charge on any atom is 0.220 e. The molecule has 0 saturated heterocycles. The molecule has 0 heterocycles. The summed E-state index contributed by atoms with van der Waals surface area (Å²) in [5, 5.41) is 5.96. The lowest BCUT2D eigenvalue weighted by Crippen LogP contribution is -2.36. The highest BCUT2D eigenvalue weighted by Crippen LogP contribution is 2.32. The van der Waals surface area contributed by atoms with E-state index < -0.39 is 0 Å². The second-order valence-electron chi connectivity index (χ2n) is 8.52. The number of methoxy groups -OCH3 is 2. The SMILES string of the molecule is COc1ccc(C(C)(C)CNC(=O)CCCCC(=O)NCCc2ccccc2)cc1OC. The summed E-state index contributed by atoms with van der Waals surface area (Å²) in [7, 11) is 3.22. The van der Waals surface area contributed by atoms with Crippen LogP contribution in [-0.4, -0.2) is 39.1 Å². The van der Waals surface area contributed by atoms with E-state index in [9.17, 15) is 9.59 Å². The monoisotopic (exact) mass is 440 g/mol. The molecule has 174 valence electrons. The van der Waals surface area contributed by atoms with Gasteiger partial charge in [-0.15, -0.1) is 0 Å². The van der Waals surface area contributed by atoms with E-state index in [1.807, 2.05) is 36.4 Å². The minimum absolute atomic E-state index is 0.00281. The number of benzene rings is 2. The highest BCUT2D eigenvalue weighted by atomic mass is 16.5. The van der Waals surface area contributed by atoms with Crippen LogP contribution in [0.4, 0.5) is 0 Å². The molecule has 0 aliphatic rings. The predicted molar refractivity (Wildman–Crippen MR) is 127 cm³/mol. The zero-order chi connectivity index (χ0) is 23.4. The lowest BCUT2D eigenvalue weighted by atomic mass is 9.84. The van der Waals surface area contributed by atoms with Gasteiger partial charge in [0.15, 0.2) is 11.5 Å². The van der Waals surface area contributed by atoms with Crippen molar-refractivity contribution < 1.29 is 19.1 Å². The number of carbonyl (C=O) groups is 2. The molecule has 2 N–H and O–H groups in total. The molecule has 0 unspecified atom stereocenters. The maximum atomic E-state index is 12.3. The first kappa shape index (κ1) is 25.2. The number of ether oxygens (including phenoxy) is 2. The molecule has 0 saturated carbocycles. The van der Waals surface area contributed by atoms with Crippen molar-refractivity contribution in [2.75, 3.05) is 27.3 Å². The number of nitrogens with one attached hydrogen (secondary N) is 2. The zero-order valence-electron chi connectivity index (χ0n) is 19.7. The third-order valence-electron chi connectivity index (χ3n) is 5.53. The number of hydrogen-bond donors (Lipinski definition) is 2. The van der Waals surface area contributed by atoms with Crippen molar-refractivity contribution in [3.63, 3.8) is 0 Å². The molecule has 6 heteroatoms. The van der Waals surface area contributed by atoms with Gasteiger partial charge in [-0.1, -0.05) is 50.2 Å². The summed E-state index contributed by atoms with van der Waals surface area (Å²) in [5.74, 6) is 1.39. The normalized spacial score (nSPS) is 11.0. The molecule has 0 radical (unpaired) electrons. The van der Waals surface area contributed by atoms with Crippen LogP contribution in [0, 0.1) is 0 Å². The first-order chi connectivity index (χ1) is 15.4. The summed E-state index contributed by atoms with van der Waals surface area (Å²) in [4.78, 5) is 24.2. The van der Waals surface area contributed by atoms with E-state index in [1.54, 1.807) is 14.2 Å². The minimum Gasteiger partial charge on any atom is -0.493 e. The Labute approximate surface area is 191 Å². The van der Waals surface area contributed by atoms with Gasteiger partial charge in [-0.2, -0.15) is 0 Å². The van der Waals surface area contributed by atoms with E-state index in [0.717, 1.165) is 12.0 Å². The molecule has 0 aromatic heterocycles. The van der Waals surface area contributed by atoms with Crippen molar-refractivity contribution in [2.24, 2.45) is 0 Å². The second-order valence-corrected chi connectivity index (χ2v) is 8.52. The number of rotatable bonds is 13. The maximum absolute atomic E-state index is 12.3. The molecule has 6 nitrogen and oxygen atoms in total. The Morgan fingerprint density at radius 2 is 1.47 bits per heavy atom. The number of hydrogen-bond acceptors (Lipinski definition) is 4. The van der Waals surface area contributed by atoms with Gasteiger partial charge in [0.05, 0.1) is 14.2 Å². The molecule has 0 fully saturated rings. The van der Waals surface area contributed by atoms with Gasteiger partial charge in [-0.05, 0) is 42.5 Å². The molecule has 0 aliphatic carbocycles. The summed E-state index contributed by atoms with van der Waals surface area (Å²) >= 11 is 0. The number of carbonyl (C=O) groups excluding carboxylic acids is 2. The zero-order valence-corrected chi connectivity index (χ0v) is 19.7. The van der Waals surface area contributed by atoms with Crippen LogP contribution in [-0.2, 0) is 21.4 Å². The fraction of sp³-hybridized carbons (Fsp3) is 0.462. The lowest BCUT2D eigenvalue weighted by molar-refractivity contribution is -0.123. The van der Waals surface area contributed by atoms with Gasteiger partial charge >= 0.3 is 0 Å². The highest BCUT2D eigenvalue weighted by molar-refractivity contribution is 5.77. The second kappa shape index (κ2) is 12.7. The van der Waals surface area contributed by atoms with Crippen LogP contribution in [0.1, 0.15) is 50.7 Å². The summed E-state index contributed by atoms with van der Waals surface area (Å²) < 4.78 is 10.7. The minimum atomic E-state index is -0.256. The smallest absolute Gasteiger partial charge is 0.220 e. The van der Waals surface area contributed by atoms with Crippen molar-refractivity contribution in [1.29, 1.82) is 0 Å². The van der Waals surface area contributed by atoms with Gasteiger partial charge in [-0.25, -0.2) is 0 Å². The van der Waals surface area contributed by atoms with Gasteiger partial charge in [0.1, 0.15) is 0 Å². The molecule has 32 heavy (non-hydrogen) atoms. The Morgan fingerprint density at radius 3 is 2.09 bits per heavy atom. The first-order valence-corrected chi connectivity index (χ1v) is 11.2. The van der Waals surface area contributed by atoms with Crippen molar-refractivity contribution >= 4 is 11.8 Å². The average Bonchev–Trinajstić information content (AvgIpc) is 2.80. The van der Waals surface area contributed by atoms with Crippen molar-refractivity contribution in [2.45, 2.75) is 51.4 Å². The van der Waals surface area contributed by atoms with Gasteiger partial charge < -0.3 is 20.1 Å². The van der Waals surface area contributed by atoms with Gasteiger partial charge in [0.2, 0.25) is 11.8 Å². The van der Waals surface area contributed by atoms with Crippen LogP contribution in [0.15, 0.2) is 48.5 Å². The Bertz CT molecular complexity index is 865. The Morgan fingerprint density at radius 1 is 0.844 bits per heavy atom. The van der Waals surface area contributed by atoms with Crippen LogP contribution >= 0.6 is 0 Å². The molecule has 0 aliphatic heterocycles. The standard InChI is InChI=1S/C26H36N2O4/c1-26(2,21-14-15-22(31-3)23(18-21)32-4)19-28-25(30)13-9-8-12-24(29)27-17-16-20-10-6-5-7-11-20/h5-7,10-11,14-15,18H,8-9,12-13,16-17,19H2,1-4H3,(H,27,29)(H,28,30). The van der Waals surface area contributed by atoms with Crippen LogP contribution in [0.2, 0.25) is 0 Å². The fourth-order valence-electron chi connectivity index (χ4n) is 3.42. The summed E-state index contributed by atoms with van der Waals surface area (Å²) in [6.45, 7) is 5.30. The number of unbranched alkanes of at least 4 members (excludes halogenated alkanes) is 1. The van der Waals surface area contributed by atoms with Crippen molar-refractivity contribution in [3.05, 3.63) is 59.7 Å². The van der Waals surface area contributed by atoms with Crippen LogP contribution in [0.3, 0.4) is 0 Å². The predicted octanol–water partition coefficient (Wildman–Crippen LogP) is 4.02. The summed E-state index contributed by atoms with van der Waals surface area (Å²) in [5.41, 5.74) is 2.01. The van der Waals surface area contributed by atoms with E-state index in [0.29, 0.717) is 50.3 Å². The molecule has 0 spiro atoms. The Balaban J connectivity index is 1.64. The van der Waals surface area contributed by atoms with E-state index in [2.05, 4.69) is 36.6 Å².